The van der Waals surface area contributed by atoms with Crippen LogP contribution < -0.4 is 10.6 Å². The van der Waals surface area contributed by atoms with Gasteiger partial charge in [0.15, 0.2) is 4.34 Å². The van der Waals surface area contributed by atoms with Crippen LogP contribution in [0.25, 0.3) is 0 Å². The van der Waals surface area contributed by atoms with E-state index in [0.717, 1.165) is 19.9 Å². The van der Waals surface area contributed by atoms with Gasteiger partial charge in [0.1, 0.15) is 0 Å². The van der Waals surface area contributed by atoms with E-state index in [0.29, 0.717) is 5.02 Å². The minimum Gasteiger partial charge on any atom is -0.353 e. The largest absolute Gasteiger partial charge is 0.353 e. The van der Waals surface area contributed by atoms with Gasteiger partial charge in [-0.25, -0.2) is 0 Å². The van der Waals surface area contributed by atoms with Gasteiger partial charge in [0.25, 0.3) is 0 Å². The predicted molar refractivity (Wildman–Crippen MR) is 82.4 cm³/mol. The van der Waals surface area contributed by atoms with E-state index in [1.807, 2.05) is 44.1 Å². The summed E-state index contributed by atoms with van der Waals surface area (Å²) in [5, 5.41) is 9.81. The lowest BCUT2D eigenvalue weighted by Gasteiger charge is -2.08. The first-order valence-corrected chi connectivity index (χ1v) is 7.72. The average Bonchev–Trinajstić information content (AvgIpc) is 2.80. The highest BCUT2D eigenvalue weighted by Gasteiger charge is 2.11. The van der Waals surface area contributed by atoms with Crippen molar-refractivity contribution in [3.63, 3.8) is 0 Å². The fourth-order valence-electron chi connectivity index (χ4n) is 1.40. The molecule has 1 aromatic carbocycles. The second-order valence-corrected chi connectivity index (χ2v) is 6.98. The molecule has 0 bridgehead atoms. The van der Waals surface area contributed by atoms with Crippen LogP contribution in [0.15, 0.2) is 27.4 Å². The molecule has 1 heterocycles. The number of benzene rings is 1. The zero-order valence-electron chi connectivity index (χ0n) is 10.9. The van der Waals surface area contributed by atoms with Gasteiger partial charge in [-0.2, -0.15) is 0 Å². The van der Waals surface area contributed by atoms with E-state index in [-0.39, 0.29) is 6.04 Å². The molecule has 19 heavy (non-hydrogen) atoms. The number of hydrogen-bond acceptors (Lipinski definition) is 6. The van der Waals surface area contributed by atoms with Crippen molar-refractivity contribution in [3.05, 3.63) is 28.8 Å². The van der Waals surface area contributed by atoms with Crippen molar-refractivity contribution >= 4 is 39.8 Å². The van der Waals surface area contributed by atoms with Crippen molar-refractivity contribution in [2.24, 2.45) is 5.73 Å². The number of aromatic nitrogens is 2. The van der Waals surface area contributed by atoms with Crippen LogP contribution in [0, 0.1) is 0 Å². The molecule has 0 saturated carbocycles. The van der Waals surface area contributed by atoms with Crippen molar-refractivity contribution in [3.8, 4) is 0 Å². The fourth-order valence-corrected chi connectivity index (χ4v) is 3.43. The molecule has 0 amide bonds. The van der Waals surface area contributed by atoms with Gasteiger partial charge in [0.05, 0.1) is 5.02 Å². The van der Waals surface area contributed by atoms with Gasteiger partial charge in [0, 0.05) is 25.0 Å². The molecule has 0 aliphatic rings. The second kappa shape index (κ2) is 6.09. The van der Waals surface area contributed by atoms with Crippen LogP contribution in [0.4, 0.5) is 5.13 Å². The van der Waals surface area contributed by atoms with E-state index >= 15 is 0 Å². The third kappa shape index (κ3) is 3.60. The van der Waals surface area contributed by atoms with Crippen LogP contribution in [0.3, 0.4) is 0 Å². The molecule has 2 rings (SSSR count). The summed E-state index contributed by atoms with van der Waals surface area (Å²) in [4.78, 5) is 2.90. The summed E-state index contributed by atoms with van der Waals surface area (Å²) in [5.41, 5.74) is 6.86. The Morgan fingerprint density at radius 3 is 2.63 bits per heavy atom. The van der Waals surface area contributed by atoms with Gasteiger partial charge in [0.2, 0.25) is 5.13 Å². The molecular weight excluding hydrogens is 300 g/mol. The van der Waals surface area contributed by atoms with Crippen molar-refractivity contribution in [2.75, 3.05) is 19.0 Å². The molecule has 0 fully saturated rings. The van der Waals surface area contributed by atoms with Gasteiger partial charge in [-0.15, -0.1) is 10.2 Å². The standard InChI is InChI=1S/C12H15ClN4S2/c1-7(14)8-4-5-10(9(13)6-8)18-12-16-15-11(19-12)17(2)3/h4-7H,14H2,1-3H3/t7-/m0/s1. The molecule has 0 unspecified atom stereocenters. The Kier molecular flexibility index (Phi) is 4.67. The zero-order chi connectivity index (χ0) is 14.0. The average molecular weight is 315 g/mol. The molecule has 2 aromatic rings. The SMILES string of the molecule is C[C@H](N)c1ccc(Sc2nnc(N(C)C)s2)c(Cl)c1. The molecule has 7 heteroatoms. The van der Waals surface area contributed by atoms with Crippen LogP contribution in [0.1, 0.15) is 18.5 Å². The molecular formula is C12H15ClN4S2. The fraction of sp³-hybridized carbons (Fsp3) is 0.333. The lowest BCUT2D eigenvalue weighted by molar-refractivity contribution is 0.817. The summed E-state index contributed by atoms with van der Waals surface area (Å²) in [6.07, 6.45) is 0. The summed E-state index contributed by atoms with van der Waals surface area (Å²) in [6.45, 7) is 1.94. The van der Waals surface area contributed by atoms with Crippen LogP contribution in [-0.2, 0) is 0 Å². The van der Waals surface area contributed by atoms with Crippen LogP contribution in [-0.4, -0.2) is 24.3 Å². The van der Waals surface area contributed by atoms with E-state index in [9.17, 15) is 0 Å². The highest BCUT2D eigenvalue weighted by molar-refractivity contribution is 8.01. The number of nitrogens with two attached hydrogens (primary N) is 1. The number of rotatable bonds is 4. The molecule has 0 aliphatic heterocycles. The maximum Gasteiger partial charge on any atom is 0.208 e. The molecule has 4 nitrogen and oxygen atoms in total. The Labute approximate surface area is 126 Å². The van der Waals surface area contributed by atoms with E-state index in [1.54, 1.807) is 0 Å². The second-order valence-electron chi connectivity index (χ2n) is 4.33. The molecule has 1 aromatic heterocycles. The van der Waals surface area contributed by atoms with Gasteiger partial charge in [-0.05, 0) is 24.6 Å². The maximum atomic E-state index is 6.26. The van der Waals surface area contributed by atoms with Gasteiger partial charge in [-0.3, -0.25) is 0 Å². The predicted octanol–water partition coefficient (Wildman–Crippen LogP) is 3.43. The Morgan fingerprint density at radius 2 is 2.11 bits per heavy atom. The summed E-state index contributed by atoms with van der Waals surface area (Å²) in [6, 6.07) is 5.86. The Balaban J connectivity index is 2.18. The first-order chi connectivity index (χ1) is 8.97. The first kappa shape index (κ1) is 14.6. The Bertz CT molecular complexity index is 569. The van der Waals surface area contributed by atoms with Gasteiger partial charge >= 0.3 is 0 Å². The normalized spacial score (nSPS) is 12.5. The number of nitrogens with zero attached hydrogens (tertiary/aromatic N) is 3. The van der Waals surface area contributed by atoms with Crippen molar-refractivity contribution in [2.45, 2.75) is 22.2 Å². The maximum absolute atomic E-state index is 6.26. The highest BCUT2D eigenvalue weighted by atomic mass is 35.5. The highest BCUT2D eigenvalue weighted by Crippen LogP contribution is 2.37. The van der Waals surface area contributed by atoms with E-state index in [1.165, 1.54) is 23.1 Å². The van der Waals surface area contributed by atoms with Crippen LogP contribution >= 0.6 is 34.7 Å². The Morgan fingerprint density at radius 1 is 1.37 bits per heavy atom. The van der Waals surface area contributed by atoms with Crippen LogP contribution in [0.5, 0.6) is 0 Å². The smallest absolute Gasteiger partial charge is 0.208 e. The lowest BCUT2D eigenvalue weighted by atomic mass is 10.1. The summed E-state index contributed by atoms with van der Waals surface area (Å²) in [7, 11) is 3.89. The van der Waals surface area contributed by atoms with E-state index in [2.05, 4.69) is 10.2 Å². The first-order valence-electron chi connectivity index (χ1n) is 5.71. The number of hydrogen-bond donors (Lipinski definition) is 1. The molecule has 0 radical (unpaired) electrons. The molecule has 0 aliphatic carbocycles. The third-order valence-corrected chi connectivity index (χ3v) is 5.10. The minimum absolute atomic E-state index is 0.0153. The Hall–Kier alpha value is -0.820. The molecule has 0 saturated heterocycles. The van der Waals surface area contributed by atoms with Crippen molar-refractivity contribution < 1.29 is 0 Å². The summed E-state index contributed by atoms with van der Waals surface area (Å²) < 4.78 is 0.874. The van der Waals surface area contributed by atoms with Crippen LogP contribution in [0.2, 0.25) is 5.02 Å². The molecule has 102 valence electrons. The van der Waals surface area contributed by atoms with Gasteiger partial charge in [-0.1, -0.05) is 40.8 Å². The summed E-state index contributed by atoms with van der Waals surface area (Å²) in [5.74, 6) is 0. The number of halogens is 1. The van der Waals surface area contributed by atoms with E-state index < -0.39 is 0 Å². The molecule has 1 atom stereocenters. The van der Waals surface area contributed by atoms with Gasteiger partial charge < -0.3 is 10.6 Å². The zero-order valence-corrected chi connectivity index (χ0v) is 13.3. The minimum atomic E-state index is -0.0153. The molecule has 0 spiro atoms. The summed E-state index contributed by atoms with van der Waals surface area (Å²) >= 11 is 9.32. The van der Waals surface area contributed by atoms with Crippen molar-refractivity contribution in [1.29, 1.82) is 0 Å². The van der Waals surface area contributed by atoms with E-state index in [4.69, 9.17) is 17.3 Å². The monoisotopic (exact) mass is 314 g/mol. The third-order valence-electron chi connectivity index (χ3n) is 2.46. The quantitative estimate of drug-likeness (QED) is 0.937. The topological polar surface area (TPSA) is 55.0 Å². The number of anilines is 1. The van der Waals surface area contributed by atoms with Crippen molar-refractivity contribution in [1.82, 2.24) is 10.2 Å². The molecule has 2 N–H and O–H groups in total. The lowest BCUT2D eigenvalue weighted by Crippen LogP contribution is -2.07.